The van der Waals surface area contributed by atoms with Crippen LogP contribution in [0.1, 0.15) is 44.7 Å². The molecule has 12 heteroatoms. The van der Waals surface area contributed by atoms with Gasteiger partial charge in [0.1, 0.15) is 5.82 Å². The van der Waals surface area contributed by atoms with Crippen molar-refractivity contribution < 1.29 is 22.3 Å². The molecule has 2 aromatic heterocycles. The summed E-state index contributed by atoms with van der Waals surface area (Å²) in [6.45, 7) is 2.27. The molecule has 6 rings (SSSR count). The number of carbonyl (C=O) groups is 1. The van der Waals surface area contributed by atoms with Gasteiger partial charge in [-0.15, -0.1) is 0 Å². The van der Waals surface area contributed by atoms with Gasteiger partial charge in [-0.2, -0.15) is 0 Å². The molecule has 3 aromatic rings. The highest BCUT2D eigenvalue weighted by Gasteiger charge is 2.59. The Hall–Kier alpha value is -3.67. The van der Waals surface area contributed by atoms with Crippen molar-refractivity contribution >= 4 is 27.6 Å². The van der Waals surface area contributed by atoms with Crippen molar-refractivity contribution in [3.8, 4) is 17.1 Å². The Morgan fingerprint density at radius 1 is 1.16 bits per heavy atom. The number of carbonyl (C=O) groups excluding carboxylic acids is 1. The molecule has 3 aliphatic carbocycles. The molecule has 0 radical (unpaired) electrons. The number of hydrogen-bond donors (Lipinski definition) is 2. The number of rotatable bonds is 9. The van der Waals surface area contributed by atoms with Crippen LogP contribution in [-0.2, 0) is 20.2 Å². The summed E-state index contributed by atoms with van der Waals surface area (Å²) >= 11 is 0. The molecule has 3 aliphatic rings. The molecule has 2 unspecified atom stereocenters. The van der Waals surface area contributed by atoms with Gasteiger partial charge in [0.15, 0.2) is 0 Å². The molecule has 10 nitrogen and oxygen atoms in total. The van der Waals surface area contributed by atoms with Crippen LogP contribution in [-0.4, -0.2) is 46.1 Å². The van der Waals surface area contributed by atoms with E-state index in [9.17, 15) is 13.2 Å². The fourth-order valence-corrected chi connectivity index (χ4v) is 6.56. The fourth-order valence-electron chi connectivity index (χ4n) is 5.29. The van der Waals surface area contributed by atoms with Crippen molar-refractivity contribution in [1.29, 1.82) is 0 Å². The predicted octanol–water partition coefficient (Wildman–Crippen LogP) is 3.68. The van der Waals surface area contributed by atoms with E-state index in [1.165, 1.54) is 30.7 Å². The number of hydrogen-bond acceptors (Lipinski definition) is 8. The Morgan fingerprint density at radius 3 is 2.66 bits per heavy atom. The SMILES string of the molecule is CCOc1cncc(-c2ccc(NC(=O)C3(c4ccnc(NS(=O)(=O)C5CC5)n4)CC4CC4C3)c(F)c2)n1. The topological polar surface area (TPSA) is 136 Å². The molecule has 3 fully saturated rings. The molecule has 3 saturated carbocycles. The number of amides is 1. The van der Waals surface area contributed by atoms with Crippen LogP contribution in [0.25, 0.3) is 11.3 Å². The summed E-state index contributed by atoms with van der Waals surface area (Å²) in [4.78, 5) is 30.7. The molecule has 0 bridgehead atoms. The maximum atomic E-state index is 15.2. The predicted molar refractivity (Wildman–Crippen MR) is 137 cm³/mol. The van der Waals surface area contributed by atoms with Crippen molar-refractivity contribution in [2.75, 3.05) is 16.6 Å². The Bertz CT molecular complexity index is 1500. The summed E-state index contributed by atoms with van der Waals surface area (Å²) in [5.74, 6) is 0.0974. The van der Waals surface area contributed by atoms with E-state index in [0.717, 1.165) is 6.42 Å². The minimum Gasteiger partial charge on any atom is -0.477 e. The van der Waals surface area contributed by atoms with Crippen LogP contribution < -0.4 is 14.8 Å². The molecule has 2 atom stereocenters. The number of aromatic nitrogens is 4. The van der Waals surface area contributed by atoms with E-state index in [4.69, 9.17) is 4.74 Å². The normalized spacial score (nSPS) is 23.9. The van der Waals surface area contributed by atoms with Crippen LogP contribution in [0.5, 0.6) is 5.88 Å². The van der Waals surface area contributed by atoms with Crippen LogP contribution in [0.2, 0.25) is 0 Å². The third-order valence-corrected chi connectivity index (χ3v) is 9.30. The van der Waals surface area contributed by atoms with Gasteiger partial charge < -0.3 is 10.1 Å². The van der Waals surface area contributed by atoms with Gasteiger partial charge in [0.25, 0.3) is 0 Å². The zero-order chi connectivity index (χ0) is 26.5. The van der Waals surface area contributed by atoms with Gasteiger partial charge in [-0.05, 0) is 69.1 Å². The number of anilines is 2. The second-order valence-corrected chi connectivity index (χ2v) is 12.1. The monoisotopic (exact) mass is 538 g/mol. The van der Waals surface area contributed by atoms with Crippen LogP contribution in [0.3, 0.4) is 0 Å². The number of nitrogens with zero attached hydrogens (tertiary/aromatic N) is 4. The summed E-state index contributed by atoms with van der Waals surface area (Å²) in [5.41, 5.74) is 0.415. The maximum absolute atomic E-state index is 15.2. The van der Waals surface area contributed by atoms with E-state index in [2.05, 4.69) is 30.0 Å². The summed E-state index contributed by atoms with van der Waals surface area (Å²) in [6, 6.07) is 6.09. The first kappa shape index (κ1) is 24.7. The number of fused-ring (bicyclic) bond motifs is 1. The van der Waals surface area contributed by atoms with Gasteiger partial charge >= 0.3 is 0 Å². The summed E-state index contributed by atoms with van der Waals surface area (Å²) in [6.07, 6.45) is 7.85. The standard InChI is InChI=1S/C26H27FN6O4S/c1-2-37-23-14-28-13-21(30-23)15-3-6-20(19(27)10-15)31-24(34)26(11-16-9-17(16)12-26)22-7-8-29-25(32-22)33-38(35,36)18-4-5-18/h3,6-8,10,13-14,16-18H,2,4-5,9,11-12H2,1H3,(H,31,34)(H,29,32,33). The van der Waals surface area contributed by atoms with Gasteiger partial charge in [-0.3, -0.25) is 14.5 Å². The first-order valence-electron chi connectivity index (χ1n) is 12.7. The minimum atomic E-state index is -3.55. The van der Waals surface area contributed by atoms with Gasteiger partial charge in [0.05, 0.1) is 46.7 Å². The highest BCUT2D eigenvalue weighted by atomic mass is 32.2. The molecule has 0 aliphatic heterocycles. The van der Waals surface area contributed by atoms with E-state index in [1.54, 1.807) is 12.1 Å². The van der Waals surface area contributed by atoms with E-state index in [-0.39, 0.29) is 17.5 Å². The van der Waals surface area contributed by atoms with Crippen molar-refractivity contribution in [3.63, 3.8) is 0 Å². The number of ether oxygens (including phenoxy) is 1. The number of nitrogens with one attached hydrogen (secondary N) is 2. The Balaban J connectivity index is 1.25. The van der Waals surface area contributed by atoms with E-state index >= 15 is 4.39 Å². The lowest BCUT2D eigenvalue weighted by atomic mass is 9.78. The Morgan fingerprint density at radius 2 is 1.95 bits per heavy atom. The quantitative estimate of drug-likeness (QED) is 0.421. The largest absolute Gasteiger partial charge is 0.477 e. The van der Waals surface area contributed by atoms with Gasteiger partial charge in [0, 0.05) is 11.8 Å². The molecule has 2 N–H and O–H groups in total. The summed E-state index contributed by atoms with van der Waals surface area (Å²) < 4.78 is 47.8. The fraction of sp³-hybridized carbons (Fsp3) is 0.423. The smallest absolute Gasteiger partial charge is 0.237 e. The lowest BCUT2D eigenvalue weighted by molar-refractivity contribution is -0.122. The molecule has 2 heterocycles. The first-order chi connectivity index (χ1) is 18.3. The van der Waals surface area contributed by atoms with Crippen LogP contribution >= 0.6 is 0 Å². The van der Waals surface area contributed by atoms with Crippen LogP contribution in [0.15, 0.2) is 42.9 Å². The lowest BCUT2D eigenvalue weighted by Gasteiger charge is -2.29. The zero-order valence-corrected chi connectivity index (χ0v) is 21.5. The number of benzene rings is 1. The molecule has 38 heavy (non-hydrogen) atoms. The molecule has 0 spiro atoms. The Labute approximate surface area is 219 Å². The average Bonchev–Trinajstić information content (AvgIpc) is 3.84. The van der Waals surface area contributed by atoms with Gasteiger partial charge in [0.2, 0.25) is 27.8 Å². The molecular weight excluding hydrogens is 511 g/mol. The van der Waals surface area contributed by atoms with Crippen molar-refractivity contribution in [3.05, 3.63) is 54.4 Å². The highest BCUT2D eigenvalue weighted by molar-refractivity contribution is 7.93. The van der Waals surface area contributed by atoms with E-state index < -0.39 is 26.5 Å². The average molecular weight is 539 g/mol. The molecule has 1 aromatic carbocycles. The van der Waals surface area contributed by atoms with E-state index in [0.29, 0.717) is 67.0 Å². The first-order valence-corrected chi connectivity index (χ1v) is 14.2. The highest BCUT2D eigenvalue weighted by Crippen LogP contribution is 2.60. The molecule has 0 saturated heterocycles. The second kappa shape index (κ2) is 9.26. The molecule has 198 valence electrons. The third kappa shape index (κ3) is 4.68. The minimum absolute atomic E-state index is 0.0383. The Kier molecular flexibility index (Phi) is 6.01. The zero-order valence-electron chi connectivity index (χ0n) is 20.7. The van der Waals surface area contributed by atoms with Gasteiger partial charge in [-0.25, -0.2) is 27.8 Å². The van der Waals surface area contributed by atoms with E-state index in [1.807, 2.05) is 6.92 Å². The molecular formula is C26H27FN6O4S. The maximum Gasteiger partial charge on any atom is 0.237 e. The summed E-state index contributed by atoms with van der Waals surface area (Å²) in [5, 5.41) is 2.34. The molecule has 1 amide bonds. The van der Waals surface area contributed by atoms with Crippen molar-refractivity contribution in [2.24, 2.45) is 11.8 Å². The van der Waals surface area contributed by atoms with Crippen LogP contribution in [0.4, 0.5) is 16.0 Å². The van der Waals surface area contributed by atoms with Crippen LogP contribution in [0, 0.1) is 17.7 Å². The summed E-state index contributed by atoms with van der Waals surface area (Å²) in [7, 11) is -3.55. The van der Waals surface area contributed by atoms with Crippen molar-refractivity contribution in [1.82, 2.24) is 19.9 Å². The van der Waals surface area contributed by atoms with Crippen molar-refractivity contribution in [2.45, 2.75) is 49.7 Å². The third-order valence-electron chi connectivity index (χ3n) is 7.49. The second-order valence-electron chi connectivity index (χ2n) is 10.2. The number of sulfonamides is 1. The van der Waals surface area contributed by atoms with Gasteiger partial charge in [-0.1, -0.05) is 6.07 Å². The lowest BCUT2D eigenvalue weighted by Crippen LogP contribution is -2.40. The number of halogens is 1.